The Morgan fingerprint density at radius 3 is 2.73 bits per heavy atom. The van der Waals surface area contributed by atoms with E-state index in [1.807, 2.05) is 0 Å². The Kier molecular flexibility index (Phi) is 5.63. The molecule has 4 rings (SSSR count). The molecule has 2 aromatic heterocycles. The van der Waals surface area contributed by atoms with Crippen LogP contribution < -0.4 is 15.6 Å². The van der Waals surface area contributed by atoms with Crippen LogP contribution in [0.15, 0.2) is 35.3 Å². The van der Waals surface area contributed by atoms with Gasteiger partial charge in [-0.2, -0.15) is 4.98 Å². The zero-order valence-corrected chi connectivity index (χ0v) is 16.4. The van der Waals surface area contributed by atoms with Gasteiger partial charge in [0.1, 0.15) is 11.5 Å². The first-order valence-electron chi connectivity index (χ1n) is 9.89. The fourth-order valence-corrected chi connectivity index (χ4v) is 3.64. The van der Waals surface area contributed by atoms with Gasteiger partial charge in [-0.1, -0.05) is 12.8 Å². The van der Waals surface area contributed by atoms with Crippen molar-refractivity contribution in [2.45, 2.75) is 51.3 Å². The highest BCUT2D eigenvalue weighted by molar-refractivity contribution is 5.77. The second-order valence-corrected chi connectivity index (χ2v) is 7.55. The number of hydrogen-bond acceptors (Lipinski definition) is 6. The summed E-state index contributed by atoms with van der Waals surface area (Å²) in [6, 6.07) is 4.53. The maximum absolute atomic E-state index is 14.0. The molecule has 30 heavy (non-hydrogen) atoms. The van der Waals surface area contributed by atoms with Crippen molar-refractivity contribution in [2.24, 2.45) is 0 Å². The Hall–Kier alpha value is -3.07. The van der Waals surface area contributed by atoms with Gasteiger partial charge in [-0.05, 0) is 38.0 Å². The van der Waals surface area contributed by atoms with E-state index in [-0.39, 0.29) is 18.0 Å². The van der Waals surface area contributed by atoms with Gasteiger partial charge in [0.15, 0.2) is 17.3 Å². The van der Waals surface area contributed by atoms with Crippen LogP contribution >= 0.6 is 0 Å². The number of nitrogens with one attached hydrogen (secondary N) is 1. The molecule has 9 heteroatoms. The third kappa shape index (κ3) is 4.25. The van der Waals surface area contributed by atoms with Crippen LogP contribution in [-0.4, -0.2) is 31.8 Å². The van der Waals surface area contributed by atoms with Crippen molar-refractivity contribution in [1.82, 2.24) is 14.5 Å². The molecule has 0 spiro atoms. The normalized spacial score (nSPS) is 15.5. The average Bonchev–Trinajstić information content (AvgIpc) is 3.20. The summed E-state index contributed by atoms with van der Waals surface area (Å²) in [6.07, 6.45) is 5.10. The molecule has 1 aliphatic rings. The first kappa shape index (κ1) is 20.2. The van der Waals surface area contributed by atoms with Gasteiger partial charge in [-0.3, -0.25) is 9.36 Å². The molecule has 3 aromatic rings. The van der Waals surface area contributed by atoms with Crippen molar-refractivity contribution >= 4 is 17.0 Å². The van der Waals surface area contributed by atoms with E-state index in [1.54, 1.807) is 13.1 Å². The Balaban J connectivity index is 1.76. The SMILES string of the molecule is C[C@H](O)Cn1c(=O)c(Oc2ccc(F)cc2F)cc2cnc(NC3CCCC3)nc21. The molecule has 1 fully saturated rings. The first-order chi connectivity index (χ1) is 14.4. The van der Waals surface area contributed by atoms with E-state index in [0.717, 1.165) is 37.8 Å². The molecule has 1 atom stereocenters. The molecular formula is C21H22F2N4O3. The lowest BCUT2D eigenvalue weighted by molar-refractivity contribution is 0.173. The summed E-state index contributed by atoms with van der Waals surface area (Å²) in [6.45, 7) is 1.52. The van der Waals surface area contributed by atoms with Crippen LogP contribution in [0, 0.1) is 11.6 Å². The molecule has 158 valence electrons. The van der Waals surface area contributed by atoms with Crippen molar-refractivity contribution in [2.75, 3.05) is 5.32 Å². The summed E-state index contributed by atoms with van der Waals surface area (Å²) < 4.78 is 33.9. The summed E-state index contributed by atoms with van der Waals surface area (Å²) in [7, 11) is 0. The maximum Gasteiger partial charge on any atom is 0.295 e. The van der Waals surface area contributed by atoms with Gasteiger partial charge in [0.05, 0.1) is 12.6 Å². The number of pyridine rings is 1. The lowest BCUT2D eigenvalue weighted by Crippen LogP contribution is -2.27. The fraction of sp³-hybridized carbons (Fsp3) is 0.381. The number of halogens is 2. The van der Waals surface area contributed by atoms with E-state index in [9.17, 15) is 18.7 Å². The van der Waals surface area contributed by atoms with E-state index in [0.29, 0.717) is 29.1 Å². The van der Waals surface area contributed by atoms with E-state index in [2.05, 4.69) is 15.3 Å². The standard InChI is InChI=1S/C21H22F2N4O3/c1-12(28)11-27-19-13(10-24-21(26-19)25-15-4-2-3-5-15)8-18(20(27)29)30-17-7-6-14(22)9-16(17)23/h6-10,12,15,28H,2-5,11H2,1H3,(H,24,25,26)/t12-/m0/s1. The summed E-state index contributed by atoms with van der Waals surface area (Å²) in [5.74, 6) is -1.72. The molecule has 2 heterocycles. The molecule has 1 aliphatic carbocycles. The van der Waals surface area contributed by atoms with Crippen molar-refractivity contribution < 1.29 is 18.6 Å². The van der Waals surface area contributed by atoms with Gasteiger partial charge in [0, 0.05) is 23.7 Å². The molecule has 0 amide bonds. The molecule has 7 nitrogen and oxygen atoms in total. The van der Waals surface area contributed by atoms with Gasteiger partial charge in [0.2, 0.25) is 5.95 Å². The van der Waals surface area contributed by atoms with E-state index in [4.69, 9.17) is 4.74 Å². The number of aliphatic hydroxyl groups is 1. The van der Waals surface area contributed by atoms with E-state index >= 15 is 0 Å². The number of aliphatic hydroxyl groups excluding tert-OH is 1. The smallest absolute Gasteiger partial charge is 0.295 e. The third-order valence-electron chi connectivity index (χ3n) is 5.04. The first-order valence-corrected chi connectivity index (χ1v) is 9.89. The number of anilines is 1. The van der Waals surface area contributed by atoms with Crippen LogP contribution in [0.5, 0.6) is 11.5 Å². The summed E-state index contributed by atoms with van der Waals surface area (Å²) >= 11 is 0. The highest BCUT2D eigenvalue weighted by Gasteiger charge is 2.19. The summed E-state index contributed by atoms with van der Waals surface area (Å²) in [4.78, 5) is 21.8. The van der Waals surface area contributed by atoms with Crippen molar-refractivity contribution in [3.8, 4) is 11.5 Å². The Bertz CT molecular complexity index is 1130. The second-order valence-electron chi connectivity index (χ2n) is 7.55. The lowest BCUT2D eigenvalue weighted by atomic mass is 10.2. The number of fused-ring (bicyclic) bond motifs is 1. The minimum atomic E-state index is -0.927. The number of benzene rings is 1. The molecule has 0 bridgehead atoms. The van der Waals surface area contributed by atoms with E-state index in [1.165, 1.54) is 10.6 Å². The molecule has 2 N–H and O–H groups in total. The van der Waals surface area contributed by atoms with Gasteiger partial charge < -0.3 is 15.2 Å². The lowest BCUT2D eigenvalue weighted by Gasteiger charge is -2.16. The van der Waals surface area contributed by atoms with Crippen LogP contribution in [0.4, 0.5) is 14.7 Å². The quantitative estimate of drug-likeness (QED) is 0.638. The minimum Gasteiger partial charge on any atom is -0.448 e. The van der Waals surface area contributed by atoms with Crippen molar-refractivity contribution in [3.05, 3.63) is 52.5 Å². The summed E-state index contributed by atoms with van der Waals surface area (Å²) in [5.41, 5.74) is -0.249. The largest absolute Gasteiger partial charge is 0.448 e. The van der Waals surface area contributed by atoms with Gasteiger partial charge in [-0.25, -0.2) is 13.8 Å². The van der Waals surface area contributed by atoms with Crippen LogP contribution in [-0.2, 0) is 6.54 Å². The predicted octanol–water partition coefficient (Wildman–Crippen LogP) is 3.60. The molecular weight excluding hydrogens is 394 g/mol. The van der Waals surface area contributed by atoms with Gasteiger partial charge >= 0.3 is 0 Å². The molecule has 0 saturated heterocycles. The molecule has 1 saturated carbocycles. The highest BCUT2D eigenvalue weighted by Crippen LogP contribution is 2.26. The molecule has 1 aromatic carbocycles. The molecule has 0 aliphatic heterocycles. The molecule has 0 unspecified atom stereocenters. The van der Waals surface area contributed by atoms with Crippen molar-refractivity contribution in [1.29, 1.82) is 0 Å². The van der Waals surface area contributed by atoms with Gasteiger partial charge in [-0.15, -0.1) is 0 Å². The number of rotatable bonds is 6. The van der Waals surface area contributed by atoms with Crippen LogP contribution in [0.2, 0.25) is 0 Å². The predicted molar refractivity (Wildman–Crippen MR) is 108 cm³/mol. The van der Waals surface area contributed by atoms with E-state index < -0.39 is 23.3 Å². The number of hydrogen-bond donors (Lipinski definition) is 2. The second kappa shape index (κ2) is 8.35. The number of ether oxygens (including phenoxy) is 1. The van der Waals surface area contributed by atoms with Crippen LogP contribution in [0.3, 0.4) is 0 Å². The Labute approximate surface area is 171 Å². The van der Waals surface area contributed by atoms with Crippen LogP contribution in [0.1, 0.15) is 32.6 Å². The summed E-state index contributed by atoms with van der Waals surface area (Å²) in [5, 5.41) is 13.7. The van der Waals surface area contributed by atoms with Crippen molar-refractivity contribution in [3.63, 3.8) is 0 Å². The Morgan fingerprint density at radius 1 is 1.27 bits per heavy atom. The fourth-order valence-electron chi connectivity index (χ4n) is 3.64. The number of nitrogens with zero attached hydrogens (tertiary/aromatic N) is 3. The number of aromatic nitrogens is 3. The van der Waals surface area contributed by atoms with Gasteiger partial charge in [0.25, 0.3) is 5.56 Å². The zero-order chi connectivity index (χ0) is 21.3. The average molecular weight is 416 g/mol. The minimum absolute atomic E-state index is 0.0294. The Morgan fingerprint density at radius 2 is 2.03 bits per heavy atom. The zero-order valence-electron chi connectivity index (χ0n) is 16.4. The van der Waals surface area contributed by atoms with Crippen LogP contribution in [0.25, 0.3) is 11.0 Å². The highest BCUT2D eigenvalue weighted by atomic mass is 19.1. The third-order valence-corrected chi connectivity index (χ3v) is 5.04. The monoisotopic (exact) mass is 416 g/mol. The molecule has 0 radical (unpaired) electrons. The topological polar surface area (TPSA) is 89.3 Å². The maximum atomic E-state index is 14.0.